The first-order valence-corrected chi connectivity index (χ1v) is 5.48. The van der Waals surface area contributed by atoms with Crippen LogP contribution in [-0.2, 0) is 0 Å². The zero-order chi connectivity index (χ0) is 13.0. The molecule has 0 radical (unpaired) electrons. The Morgan fingerprint density at radius 1 is 1.17 bits per heavy atom. The minimum atomic E-state index is 0.540. The first-order chi connectivity index (χ1) is 8.72. The summed E-state index contributed by atoms with van der Waals surface area (Å²) in [5.74, 6) is 7.81. The fourth-order valence-electron chi connectivity index (χ4n) is 1.54. The molecule has 94 valence electrons. The zero-order valence-electron chi connectivity index (χ0n) is 10.3. The van der Waals surface area contributed by atoms with Gasteiger partial charge in [0.2, 0.25) is 0 Å². The Morgan fingerprint density at radius 3 is 2.72 bits per heavy atom. The largest absolute Gasteiger partial charge is 0.493 e. The van der Waals surface area contributed by atoms with E-state index in [1.54, 1.807) is 25.4 Å². The molecule has 1 aromatic heterocycles. The number of rotatable bonds is 4. The van der Waals surface area contributed by atoms with Crippen molar-refractivity contribution in [3.8, 4) is 17.2 Å². The SMILES string of the molecule is COc1cc(C)ccc1Oc1ccnc(NN)c1. The van der Waals surface area contributed by atoms with Gasteiger partial charge in [-0.15, -0.1) is 0 Å². The van der Waals surface area contributed by atoms with Crippen LogP contribution in [0.2, 0.25) is 0 Å². The highest BCUT2D eigenvalue weighted by Crippen LogP contribution is 2.32. The van der Waals surface area contributed by atoms with Crippen molar-refractivity contribution >= 4 is 5.82 Å². The number of hydrogen-bond donors (Lipinski definition) is 2. The van der Waals surface area contributed by atoms with Crippen LogP contribution in [-0.4, -0.2) is 12.1 Å². The van der Waals surface area contributed by atoms with E-state index in [-0.39, 0.29) is 0 Å². The molecular weight excluding hydrogens is 230 g/mol. The van der Waals surface area contributed by atoms with E-state index >= 15 is 0 Å². The number of nitrogens with one attached hydrogen (secondary N) is 1. The van der Waals surface area contributed by atoms with Crippen molar-refractivity contribution in [3.63, 3.8) is 0 Å². The van der Waals surface area contributed by atoms with Crippen molar-refractivity contribution in [2.45, 2.75) is 6.92 Å². The number of nitrogen functional groups attached to an aromatic ring is 1. The number of hydrazine groups is 1. The maximum absolute atomic E-state index is 5.74. The second-order valence-electron chi connectivity index (χ2n) is 3.78. The molecule has 0 unspecified atom stereocenters. The minimum absolute atomic E-state index is 0.540. The van der Waals surface area contributed by atoms with Crippen molar-refractivity contribution in [3.05, 3.63) is 42.1 Å². The number of ether oxygens (including phenoxy) is 2. The van der Waals surface area contributed by atoms with Gasteiger partial charge in [0.25, 0.3) is 0 Å². The molecule has 3 N–H and O–H groups in total. The summed E-state index contributed by atoms with van der Waals surface area (Å²) in [6, 6.07) is 9.20. The van der Waals surface area contributed by atoms with Gasteiger partial charge in [-0.25, -0.2) is 10.8 Å². The fraction of sp³-hybridized carbons (Fsp3) is 0.154. The van der Waals surface area contributed by atoms with Gasteiger partial charge in [0, 0.05) is 12.3 Å². The molecule has 0 aliphatic heterocycles. The molecule has 0 saturated carbocycles. The summed E-state index contributed by atoms with van der Waals surface area (Å²) in [4.78, 5) is 4.01. The van der Waals surface area contributed by atoms with Crippen molar-refractivity contribution in [2.75, 3.05) is 12.5 Å². The lowest BCUT2D eigenvalue weighted by atomic mass is 10.2. The van der Waals surface area contributed by atoms with E-state index in [2.05, 4.69) is 10.4 Å². The van der Waals surface area contributed by atoms with Crippen molar-refractivity contribution in [1.82, 2.24) is 4.98 Å². The number of pyridine rings is 1. The van der Waals surface area contributed by atoms with Crippen LogP contribution in [0.25, 0.3) is 0 Å². The number of anilines is 1. The average molecular weight is 245 g/mol. The monoisotopic (exact) mass is 245 g/mol. The van der Waals surface area contributed by atoms with Gasteiger partial charge < -0.3 is 14.9 Å². The third-order valence-electron chi connectivity index (χ3n) is 2.43. The molecule has 5 heteroatoms. The highest BCUT2D eigenvalue weighted by Gasteiger charge is 2.06. The zero-order valence-corrected chi connectivity index (χ0v) is 10.3. The predicted octanol–water partition coefficient (Wildman–Crippen LogP) is 2.48. The van der Waals surface area contributed by atoms with Crippen LogP contribution >= 0.6 is 0 Å². The second kappa shape index (κ2) is 5.37. The van der Waals surface area contributed by atoms with Gasteiger partial charge >= 0.3 is 0 Å². The van der Waals surface area contributed by atoms with Gasteiger partial charge in [0.05, 0.1) is 7.11 Å². The molecule has 0 spiro atoms. The van der Waals surface area contributed by atoms with E-state index in [1.807, 2.05) is 25.1 Å². The van der Waals surface area contributed by atoms with Gasteiger partial charge in [-0.1, -0.05) is 6.07 Å². The molecule has 0 aliphatic rings. The molecule has 0 aliphatic carbocycles. The molecule has 5 nitrogen and oxygen atoms in total. The molecule has 18 heavy (non-hydrogen) atoms. The summed E-state index contributed by atoms with van der Waals surface area (Å²) in [7, 11) is 1.61. The molecule has 2 aromatic rings. The van der Waals surface area contributed by atoms with Gasteiger partial charge in [-0.3, -0.25) is 0 Å². The number of benzene rings is 1. The van der Waals surface area contributed by atoms with Crippen LogP contribution in [0.1, 0.15) is 5.56 Å². The van der Waals surface area contributed by atoms with Crippen LogP contribution in [0.3, 0.4) is 0 Å². The van der Waals surface area contributed by atoms with Crippen LogP contribution < -0.4 is 20.7 Å². The minimum Gasteiger partial charge on any atom is -0.493 e. The number of methoxy groups -OCH3 is 1. The quantitative estimate of drug-likeness (QED) is 0.639. The van der Waals surface area contributed by atoms with Crippen molar-refractivity contribution in [2.24, 2.45) is 5.84 Å². The molecular formula is C13H15N3O2. The number of aryl methyl sites for hydroxylation is 1. The highest BCUT2D eigenvalue weighted by molar-refractivity contribution is 5.47. The Morgan fingerprint density at radius 2 is 2.00 bits per heavy atom. The lowest BCUT2D eigenvalue weighted by Gasteiger charge is -2.11. The molecule has 0 atom stereocenters. The van der Waals surface area contributed by atoms with Crippen LogP contribution in [0, 0.1) is 6.92 Å². The second-order valence-corrected chi connectivity index (χ2v) is 3.78. The van der Waals surface area contributed by atoms with E-state index in [0.717, 1.165) is 5.56 Å². The molecule has 0 fully saturated rings. The molecule has 0 amide bonds. The topological polar surface area (TPSA) is 69.4 Å². The summed E-state index contributed by atoms with van der Waals surface area (Å²) >= 11 is 0. The maximum atomic E-state index is 5.74. The first kappa shape index (κ1) is 12.2. The molecule has 1 heterocycles. The lowest BCUT2D eigenvalue weighted by Crippen LogP contribution is -2.08. The third kappa shape index (κ3) is 2.70. The fourth-order valence-corrected chi connectivity index (χ4v) is 1.54. The van der Waals surface area contributed by atoms with E-state index in [0.29, 0.717) is 23.1 Å². The van der Waals surface area contributed by atoms with Crippen LogP contribution in [0.5, 0.6) is 17.2 Å². The Hall–Kier alpha value is -2.27. The Bertz CT molecular complexity index is 544. The molecule has 1 aromatic carbocycles. The van der Waals surface area contributed by atoms with E-state index in [4.69, 9.17) is 15.3 Å². The standard InChI is InChI=1S/C13H15N3O2/c1-9-3-4-11(12(7-9)17-2)18-10-5-6-15-13(8-10)16-14/h3-8H,14H2,1-2H3,(H,15,16). The summed E-state index contributed by atoms with van der Waals surface area (Å²) in [5, 5.41) is 0. The highest BCUT2D eigenvalue weighted by atomic mass is 16.5. The Balaban J connectivity index is 2.27. The summed E-state index contributed by atoms with van der Waals surface area (Å²) in [6.07, 6.45) is 1.62. The summed E-state index contributed by atoms with van der Waals surface area (Å²) in [5.41, 5.74) is 3.58. The van der Waals surface area contributed by atoms with E-state index in [1.165, 1.54) is 0 Å². The number of nitrogens with two attached hydrogens (primary N) is 1. The molecule has 0 bridgehead atoms. The third-order valence-corrected chi connectivity index (χ3v) is 2.43. The summed E-state index contributed by atoms with van der Waals surface area (Å²) < 4.78 is 11.0. The van der Waals surface area contributed by atoms with E-state index in [9.17, 15) is 0 Å². The normalized spacial score (nSPS) is 9.94. The van der Waals surface area contributed by atoms with Crippen molar-refractivity contribution < 1.29 is 9.47 Å². The van der Waals surface area contributed by atoms with Gasteiger partial charge in [0.15, 0.2) is 11.5 Å². The summed E-state index contributed by atoms with van der Waals surface area (Å²) in [6.45, 7) is 2.00. The van der Waals surface area contributed by atoms with Gasteiger partial charge in [-0.2, -0.15) is 0 Å². The average Bonchev–Trinajstić information content (AvgIpc) is 2.41. The Labute approximate surface area is 106 Å². The van der Waals surface area contributed by atoms with E-state index < -0.39 is 0 Å². The van der Waals surface area contributed by atoms with Gasteiger partial charge in [0.1, 0.15) is 11.6 Å². The molecule has 2 rings (SSSR count). The van der Waals surface area contributed by atoms with Crippen LogP contribution in [0.15, 0.2) is 36.5 Å². The number of aromatic nitrogens is 1. The van der Waals surface area contributed by atoms with Gasteiger partial charge in [-0.05, 0) is 30.7 Å². The Kier molecular flexibility index (Phi) is 3.64. The lowest BCUT2D eigenvalue weighted by molar-refractivity contribution is 0.378. The smallest absolute Gasteiger partial charge is 0.169 e. The van der Waals surface area contributed by atoms with Crippen LogP contribution in [0.4, 0.5) is 5.82 Å². The number of hydrogen-bond acceptors (Lipinski definition) is 5. The maximum Gasteiger partial charge on any atom is 0.169 e. The predicted molar refractivity (Wildman–Crippen MR) is 69.9 cm³/mol. The van der Waals surface area contributed by atoms with Crippen molar-refractivity contribution in [1.29, 1.82) is 0 Å². The first-order valence-electron chi connectivity index (χ1n) is 5.48. The number of nitrogens with zero attached hydrogens (tertiary/aromatic N) is 1. The molecule has 0 saturated heterocycles.